The first-order valence-electron chi connectivity index (χ1n) is 9.76. The summed E-state index contributed by atoms with van der Waals surface area (Å²) >= 11 is 0. The highest BCUT2D eigenvalue weighted by Gasteiger charge is 2.17. The number of aromatic hydroxyl groups is 1. The second-order valence-corrected chi connectivity index (χ2v) is 6.85. The molecule has 0 fully saturated rings. The molecule has 1 heterocycles. The first-order valence-corrected chi connectivity index (χ1v) is 9.76. The summed E-state index contributed by atoms with van der Waals surface area (Å²) in [6.45, 7) is 3.17. The minimum atomic E-state index is -0.316. The molecule has 0 atom stereocenters. The van der Waals surface area contributed by atoms with Crippen LogP contribution >= 0.6 is 0 Å². The molecule has 0 unspecified atom stereocenters. The van der Waals surface area contributed by atoms with Crippen molar-refractivity contribution in [2.24, 2.45) is 0 Å². The maximum Gasteiger partial charge on any atom is 0.297 e. The lowest BCUT2D eigenvalue weighted by molar-refractivity contribution is 0.306. The summed E-state index contributed by atoms with van der Waals surface area (Å²) in [5.74, 6) is 0.519. The fraction of sp³-hybridized carbons (Fsp3) is 0.348. The maximum absolute atomic E-state index is 12.8. The second-order valence-electron chi connectivity index (χ2n) is 6.85. The van der Waals surface area contributed by atoms with Crippen LogP contribution in [-0.2, 0) is 13.2 Å². The Kier molecular flexibility index (Phi) is 6.58. The third-order valence-corrected chi connectivity index (χ3v) is 4.86. The molecule has 148 valence electrons. The highest BCUT2D eigenvalue weighted by Crippen LogP contribution is 2.33. The smallest absolute Gasteiger partial charge is 0.297 e. The molecule has 5 nitrogen and oxygen atoms in total. The van der Waals surface area contributed by atoms with E-state index in [4.69, 9.17) is 9.47 Å². The van der Waals surface area contributed by atoms with Crippen LogP contribution in [0.1, 0.15) is 38.2 Å². The number of nitrogens with zero attached hydrogens (tertiary/aromatic N) is 1. The van der Waals surface area contributed by atoms with Gasteiger partial charge < -0.3 is 19.1 Å². The lowest BCUT2D eigenvalue weighted by Gasteiger charge is -2.15. The van der Waals surface area contributed by atoms with Crippen LogP contribution in [0, 0.1) is 0 Å². The predicted molar refractivity (Wildman–Crippen MR) is 111 cm³/mol. The molecule has 0 aliphatic carbocycles. The third kappa shape index (κ3) is 4.30. The summed E-state index contributed by atoms with van der Waals surface area (Å²) in [6, 6.07) is 15.3. The molecule has 0 spiro atoms. The van der Waals surface area contributed by atoms with E-state index in [2.05, 4.69) is 6.92 Å². The topological polar surface area (TPSA) is 60.7 Å². The van der Waals surface area contributed by atoms with E-state index in [1.807, 2.05) is 36.4 Å². The fourth-order valence-corrected chi connectivity index (χ4v) is 3.32. The number of aromatic nitrogens is 1. The van der Waals surface area contributed by atoms with E-state index in [0.29, 0.717) is 29.8 Å². The van der Waals surface area contributed by atoms with Gasteiger partial charge >= 0.3 is 0 Å². The summed E-state index contributed by atoms with van der Waals surface area (Å²) < 4.78 is 12.8. The van der Waals surface area contributed by atoms with Crippen molar-refractivity contribution in [3.05, 3.63) is 64.4 Å². The Morgan fingerprint density at radius 3 is 2.54 bits per heavy atom. The lowest BCUT2D eigenvalue weighted by Crippen LogP contribution is -2.22. The van der Waals surface area contributed by atoms with Crippen molar-refractivity contribution in [3.63, 3.8) is 0 Å². The number of hydrogen-bond donors (Lipinski definition) is 1. The Bertz CT molecular complexity index is 979. The SMILES string of the molecule is CCCCCCn1c(=O)c(OC)c(O)c2ccc(OCc3ccccc3)cc21. The number of unbranched alkanes of at least 4 members (excludes halogenated alkanes) is 3. The molecule has 1 N–H and O–H groups in total. The van der Waals surface area contributed by atoms with Gasteiger partial charge in [0.1, 0.15) is 12.4 Å². The Hall–Kier alpha value is -2.95. The van der Waals surface area contributed by atoms with E-state index in [-0.39, 0.29) is 17.1 Å². The largest absolute Gasteiger partial charge is 0.504 e. The van der Waals surface area contributed by atoms with E-state index >= 15 is 0 Å². The quantitative estimate of drug-likeness (QED) is 0.537. The van der Waals surface area contributed by atoms with Crippen LogP contribution in [0.15, 0.2) is 53.3 Å². The van der Waals surface area contributed by atoms with Crippen molar-refractivity contribution in [3.8, 4) is 17.2 Å². The minimum absolute atomic E-state index is 0.0130. The normalized spacial score (nSPS) is 10.9. The average molecular weight is 381 g/mol. The maximum atomic E-state index is 12.8. The summed E-state index contributed by atoms with van der Waals surface area (Å²) in [6.07, 6.45) is 4.21. The molecule has 0 amide bonds. The monoisotopic (exact) mass is 381 g/mol. The highest BCUT2D eigenvalue weighted by atomic mass is 16.5. The zero-order valence-corrected chi connectivity index (χ0v) is 16.5. The van der Waals surface area contributed by atoms with Gasteiger partial charge in [0, 0.05) is 18.0 Å². The van der Waals surface area contributed by atoms with Gasteiger partial charge in [-0.05, 0) is 24.1 Å². The van der Waals surface area contributed by atoms with E-state index in [1.165, 1.54) is 7.11 Å². The van der Waals surface area contributed by atoms with E-state index in [9.17, 15) is 9.90 Å². The van der Waals surface area contributed by atoms with Gasteiger partial charge in [-0.2, -0.15) is 0 Å². The molecule has 2 aromatic carbocycles. The number of benzene rings is 2. The van der Waals surface area contributed by atoms with E-state index < -0.39 is 0 Å². The van der Waals surface area contributed by atoms with Gasteiger partial charge in [-0.25, -0.2) is 0 Å². The van der Waals surface area contributed by atoms with Crippen LogP contribution in [-0.4, -0.2) is 16.8 Å². The van der Waals surface area contributed by atoms with Crippen LogP contribution in [0.25, 0.3) is 10.9 Å². The first-order chi connectivity index (χ1) is 13.7. The third-order valence-electron chi connectivity index (χ3n) is 4.86. The van der Waals surface area contributed by atoms with Gasteiger partial charge in [-0.1, -0.05) is 56.5 Å². The Balaban J connectivity index is 1.95. The predicted octanol–water partition coefficient (Wildman–Crippen LogP) is 4.88. The van der Waals surface area contributed by atoms with Crippen molar-refractivity contribution in [2.45, 2.75) is 45.8 Å². The van der Waals surface area contributed by atoms with Crippen LogP contribution in [0.4, 0.5) is 0 Å². The molecule has 0 bridgehead atoms. The molecule has 28 heavy (non-hydrogen) atoms. The van der Waals surface area contributed by atoms with Crippen molar-refractivity contribution >= 4 is 10.9 Å². The van der Waals surface area contributed by atoms with Crippen LogP contribution in [0.2, 0.25) is 0 Å². The zero-order valence-electron chi connectivity index (χ0n) is 16.5. The van der Waals surface area contributed by atoms with E-state index in [0.717, 1.165) is 31.2 Å². The van der Waals surface area contributed by atoms with Crippen molar-refractivity contribution < 1.29 is 14.6 Å². The summed E-state index contributed by atoms with van der Waals surface area (Å²) in [5.41, 5.74) is 1.41. The van der Waals surface area contributed by atoms with Crippen molar-refractivity contribution in [1.82, 2.24) is 4.57 Å². The number of methoxy groups -OCH3 is 1. The molecule has 0 aliphatic rings. The number of aryl methyl sites for hydroxylation is 1. The van der Waals surface area contributed by atoms with Gasteiger partial charge in [0.15, 0.2) is 5.75 Å². The van der Waals surface area contributed by atoms with Gasteiger partial charge in [0.25, 0.3) is 5.56 Å². The van der Waals surface area contributed by atoms with Crippen LogP contribution < -0.4 is 15.0 Å². The summed E-state index contributed by atoms with van der Waals surface area (Å²) in [4.78, 5) is 12.8. The van der Waals surface area contributed by atoms with Crippen LogP contribution in [0.5, 0.6) is 17.2 Å². The molecular weight excluding hydrogens is 354 g/mol. The van der Waals surface area contributed by atoms with E-state index in [1.54, 1.807) is 16.7 Å². The number of hydrogen-bond acceptors (Lipinski definition) is 4. The lowest BCUT2D eigenvalue weighted by atomic mass is 10.1. The molecule has 1 aromatic heterocycles. The zero-order chi connectivity index (χ0) is 19.9. The molecular formula is C23H27NO4. The molecule has 0 aliphatic heterocycles. The standard InChI is InChI=1S/C23H27NO4/c1-3-4-5-9-14-24-20-15-18(28-16-17-10-7-6-8-11-17)12-13-19(20)21(25)22(27-2)23(24)26/h6-8,10-13,15,25H,3-5,9,14,16H2,1-2H3. The number of rotatable bonds is 9. The van der Waals surface area contributed by atoms with Crippen molar-refractivity contribution in [2.75, 3.05) is 7.11 Å². The van der Waals surface area contributed by atoms with Crippen LogP contribution in [0.3, 0.4) is 0 Å². The van der Waals surface area contributed by atoms with Gasteiger partial charge in [0.2, 0.25) is 5.75 Å². The minimum Gasteiger partial charge on any atom is -0.504 e. The Morgan fingerprint density at radius 2 is 1.82 bits per heavy atom. The van der Waals surface area contributed by atoms with Gasteiger partial charge in [0.05, 0.1) is 12.6 Å². The van der Waals surface area contributed by atoms with Gasteiger partial charge in [-0.15, -0.1) is 0 Å². The summed E-state index contributed by atoms with van der Waals surface area (Å²) in [7, 11) is 1.40. The molecule has 3 rings (SSSR count). The fourth-order valence-electron chi connectivity index (χ4n) is 3.32. The highest BCUT2D eigenvalue weighted by molar-refractivity contribution is 5.88. The number of fused-ring (bicyclic) bond motifs is 1. The molecule has 0 radical (unpaired) electrons. The molecule has 0 saturated heterocycles. The Morgan fingerprint density at radius 1 is 1.04 bits per heavy atom. The molecule has 3 aromatic rings. The Labute approximate surface area is 165 Å². The molecule has 5 heteroatoms. The molecule has 0 saturated carbocycles. The number of ether oxygens (including phenoxy) is 2. The first kappa shape index (κ1) is 19.8. The average Bonchev–Trinajstić information content (AvgIpc) is 2.72. The summed E-state index contributed by atoms with van der Waals surface area (Å²) in [5, 5.41) is 11.1. The second kappa shape index (κ2) is 9.31. The number of pyridine rings is 1. The van der Waals surface area contributed by atoms with Crippen molar-refractivity contribution in [1.29, 1.82) is 0 Å². The van der Waals surface area contributed by atoms with Gasteiger partial charge in [-0.3, -0.25) is 4.79 Å².